The molecule has 0 atom stereocenters. The first-order valence-electron chi connectivity index (χ1n) is 4.85. The van der Waals surface area contributed by atoms with Gasteiger partial charge in [0.25, 0.3) is 5.91 Å². The molecule has 4 heteroatoms. The van der Waals surface area contributed by atoms with Crippen LogP contribution in [0.2, 0.25) is 0 Å². The number of carbonyl (C=O) groups is 1. The number of rotatable bonds is 0. The van der Waals surface area contributed by atoms with Crippen LogP contribution < -0.4 is 10.6 Å². The van der Waals surface area contributed by atoms with Crippen LogP contribution in [-0.2, 0) is 19.5 Å². The smallest absolute Gasteiger partial charge is 0.252 e. The van der Waals surface area contributed by atoms with Crippen LogP contribution in [0.5, 0.6) is 0 Å². The minimum atomic E-state index is 0.0700. The number of fused-ring (bicyclic) bond motifs is 3. The second-order valence-electron chi connectivity index (χ2n) is 3.69. The third kappa shape index (κ3) is 0.974. The van der Waals surface area contributed by atoms with Crippen molar-refractivity contribution >= 4 is 5.91 Å². The molecule has 2 aliphatic rings. The van der Waals surface area contributed by atoms with Crippen molar-refractivity contribution in [2.24, 2.45) is 0 Å². The molecule has 0 unspecified atom stereocenters. The molecule has 1 aromatic rings. The summed E-state index contributed by atoms with van der Waals surface area (Å²) in [6.07, 6.45) is 2.73. The average Bonchev–Trinajstić information content (AvgIpc) is 2.61. The van der Waals surface area contributed by atoms with Crippen molar-refractivity contribution in [1.29, 1.82) is 0 Å². The van der Waals surface area contributed by atoms with Crippen molar-refractivity contribution in [2.75, 3.05) is 6.54 Å². The Morgan fingerprint density at radius 3 is 3.21 bits per heavy atom. The molecule has 0 saturated heterocycles. The average molecular weight is 189 g/mol. The van der Waals surface area contributed by atoms with Crippen LogP contribution in [0, 0.1) is 0 Å². The lowest BCUT2D eigenvalue weighted by Crippen LogP contribution is -2.27. The fourth-order valence-corrected chi connectivity index (χ4v) is 2.16. The van der Waals surface area contributed by atoms with Gasteiger partial charge in [0.2, 0.25) is 0 Å². The van der Waals surface area contributed by atoms with Gasteiger partial charge in [-0.2, -0.15) is 0 Å². The Morgan fingerprint density at radius 1 is 1.36 bits per heavy atom. The van der Waals surface area contributed by atoms with E-state index in [4.69, 9.17) is 0 Å². The summed E-state index contributed by atoms with van der Waals surface area (Å²) in [7, 11) is 0. The number of amides is 1. The number of nitrogens with zero attached hydrogens (tertiary/aromatic N) is 1. The lowest BCUT2D eigenvalue weighted by molar-refractivity contribution is 0.0964. The Morgan fingerprint density at radius 2 is 2.29 bits per heavy atom. The van der Waals surface area contributed by atoms with Crippen molar-refractivity contribution in [3.05, 3.63) is 28.6 Å². The van der Waals surface area contributed by atoms with Gasteiger partial charge >= 0.3 is 0 Å². The normalized spacial score (nSPS) is 18.7. The molecule has 0 aromatic carbocycles. The van der Waals surface area contributed by atoms with Crippen molar-refractivity contribution < 1.29 is 4.79 Å². The van der Waals surface area contributed by atoms with E-state index in [9.17, 15) is 4.79 Å². The monoisotopic (exact) mass is 189 g/mol. The van der Waals surface area contributed by atoms with E-state index >= 15 is 0 Å². The molecule has 2 aliphatic heterocycles. The summed E-state index contributed by atoms with van der Waals surface area (Å²) < 4.78 is 0. The predicted octanol–water partition coefficient (Wildman–Crippen LogP) is -0.0293. The summed E-state index contributed by atoms with van der Waals surface area (Å²) in [6, 6.07) is 0. The molecule has 14 heavy (non-hydrogen) atoms. The van der Waals surface area contributed by atoms with Gasteiger partial charge in [-0.15, -0.1) is 0 Å². The molecule has 0 bridgehead atoms. The van der Waals surface area contributed by atoms with E-state index in [0.29, 0.717) is 6.54 Å². The quantitative estimate of drug-likeness (QED) is 0.602. The van der Waals surface area contributed by atoms with Gasteiger partial charge in [-0.3, -0.25) is 9.78 Å². The molecule has 4 nitrogen and oxygen atoms in total. The number of nitrogens with one attached hydrogen (secondary N) is 2. The van der Waals surface area contributed by atoms with Crippen LogP contribution in [0.1, 0.15) is 27.2 Å². The molecule has 3 heterocycles. The van der Waals surface area contributed by atoms with E-state index in [1.807, 2.05) is 6.20 Å². The molecule has 0 spiro atoms. The molecule has 0 saturated carbocycles. The maximum atomic E-state index is 11.6. The largest absolute Gasteiger partial charge is 0.348 e. The molecule has 1 amide bonds. The lowest BCUT2D eigenvalue weighted by atomic mass is 9.98. The van der Waals surface area contributed by atoms with Crippen molar-refractivity contribution in [1.82, 2.24) is 15.6 Å². The van der Waals surface area contributed by atoms with Crippen molar-refractivity contribution in [2.45, 2.75) is 19.5 Å². The van der Waals surface area contributed by atoms with E-state index < -0.39 is 0 Å². The second-order valence-corrected chi connectivity index (χ2v) is 3.69. The van der Waals surface area contributed by atoms with Gasteiger partial charge in [0.15, 0.2) is 0 Å². The zero-order chi connectivity index (χ0) is 9.54. The molecular weight excluding hydrogens is 178 g/mol. The van der Waals surface area contributed by atoms with E-state index in [0.717, 1.165) is 41.9 Å². The van der Waals surface area contributed by atoms with Gasteiger partial charge in [-0.05, 0) is 18.5 Å². The minimum Gasteiger partial charge on any atom is -0.348 e. The molecule has 3 rings (SSSR count). The van der Waals surface area contributed by atoms with Gasteiger partial charge in [-0.1, -0.05) is 0 Å². The highest BCUT2D eigenvalue weighted by molar-refractivity contribution is 5.99. The van der Waals surface area contributed by atoms with Crippen LogP contribution >= 0.6 is 0 Å². The van der Waals surface area contributed by atoms with Crippen LogP contribution in [-0.4, -0.2) is 17.4 Å². The van der Waals surface area contributed by atoms with Crippen molar-refractivity contribution in [3.8, 4) is 0 Å². The number of pyridine rings is 1. The maximum absolute atomic E-state index is 11.6. The number of hydrogen-bond acceptors (Lipinski definition) is 3. The molecule has 0 radical (unpaired) electrons. The molecular formula is C10H11N3O. The highest BCUT2D eigenvalue weighted by Crippen LogP contribution is 2.23. The summed E-state index contributed by atoms with van der Waals surface area (Å²) in [6.45, 7) is 2.37. The Balaban J connectivity index is 2.23. The number of hydrogen-bond donors (Lipinski definition) is 2. The topological polar surface area (TPSA) is 54.0 Å². The summed E-state index contributed by atoms with van der Waals surface area (Å²) in [4.78, 5) is 15.9. The Labute approximate surface area is 81.7 Å². The third-order valence-corrected chi connectivity index (χ3v) is 2.86. The fourth-order valence-electron chi connectivity index (χ4n) is 2.16. The predicted molar refractivity (Wildman–Crippen MR) is 50.8 cm³/mol. The van der Waals surface area contributed by atoms with Gasteiger partial charge in [0.1, 0.15) is 0 Å². The fraction of sp³-hybridized carbons (Fsp3) is 0.400. The summed E-state index contributed by atoms with van der Waals surface area (Å²) in [5.41, 5.74) is 4.12. The Kier molecular flexibility index (Phi) is 1.58. The zero-order valence-corrected chi connectivity index (χ0v) is 7.76. The van der Waals surface area contributed by atoms with Gasteiger partial charge in [-0.25, -0.2) is 0 Å². The van der Waals surface area contributed by atoms with Crippen LogP contribution in [0.3, 0.4) is 0 Å². The first-order valence-corrected chi connectivity index (χ1v) is 4.85. The highest BCUT2D eigenvalue weighted by Gasteiger charge is 2.26. The standard InChI is InChI=1S/C10H11N3O/c14-10-9-6(4-13-10)3-12-8-5-11-2-1-7(8)9/h3,11H,1-2,4-5H2,(H,13,14). The lowest BCUT2D eigenvalue weighted by Gasteiger charge is -2.17. The minimum absolute atomic E-state index is 0.0700. The molecule has 2 N–H and O–H groups in total. The summed E-state index contributed by atoms with van der Waals surface area (Å²) >= 11 is 0. The summed E-state index contributed by atoms with van der Waals surface area (Å²) in [5, 5.41) is 6.09. The zero-order valence-electron chi connectivity index (χ0n) is 7.76. The first kappa shape index (κ1) is 7.94. The van der Waals surface area contributed by atoms with Crippen molar-refractivity contribution in [3.63, 3.8) is 0 Å². The van der Waals surface area contributed by atoms with E-state index in [-0.39, 0.29) is 5.91 Å². The van der Waals surface area contributed by atoms with Gasteiger partial charge < -0.3 is 10.6 Å². The summed E-state index contributed by atoms with van der Waals surface area (Å²) in [5.74, 6) is 0.0700. The molecule has 1 aromatic heterocycles. The van der Waals surface area contributed by atoms with Crippen LogP contribution in [0.15, 0.2) is 6.20 Å². The van der Waals surface area contributed by atoms with Crippen LogP contribution in [0.25, 0.3) is 0 Å². The van der Waals surface area contributed by atoms with Gasteiger partial charge in [0.05, 0.1) is 11.3 Å². The maximum Gasteiger partial charge on any atom is 0.252 e. The molecule has 0 fully saturated rings. The number of carbonyl (C=O) groups excluding carboxylic acids is 1. The highest BCUT2D eigenvalue weighted by atomic mass is 16.1. The Bertz CT molecular complexity index is 414. The first-order chi connectivity index (χ1) is 6.86. The van der Waals surface area contributed by atoms with E-state index in [2.05, 4.69) is 15.6 Å². The van der Waals surface area contributed by atoms with Gasteiger partial charge in [0, 0.05) is 24.8 Å². The Hall–Kier alpha value is -1.42. The molecule has 72 valence electrons. The third-order valence-electron chi connectivity index (χ3n) is 2.86. The molecule has 0 aliphatic carbocycles. The second kappa shape index (κ2) is 2.78. The van der Waals surface area contributed by atoms with E-state index in [1.165, 1.54) is 0 Å². The van der Waals surface area contributed by atoms with E-state index in [1.54, 1.807) is 0 Å². The SMILES string of the molecule is O=C1NCc2cnc3c(c21)CCNC3. The van der Waals surface area contributed by atoms with Crippen LogP contribution in [0.4, 0.5) is 0 Å². The number of aromatic nitrogens is 1.